The van der Waals surface area contributed by atoms with E-state index in [1.165, 1.54) is 5.56 Å². The van der Waals surface area contributed by atoms with E-state index in [1.54, 1.807) is 7.11 Å². The van der Waals surface area contributed by atoms with Gasteiger partial charge in [0.05, 0.1) is 7.11 Å². The molecule has 2 N–H and O–H groups in total. The van der Waals surface area contributed by atoms with Crippen molar-refractivity contribution in [1.29, 1.82) is 0 Å². The molecule has 6 heteroatoms. The third-order valence-electron chi connectivity index (χ3n) is 5.09. The second-order valence-corrected chi connectivity index (χ2v) is 7.88. The molecule has 1 unspecified atom stereocenters. The maximum Gasteiger partial charge on any atom is 0.161 e. The predicted molar refractivity (Wildman–Crippen MR) is 127 cm³/mol. The van der Waals surface area contributed by atoms with Crippen LogP contribution in [0, 0.1) is 0 Å². The highest BCUT2D eigenvalue weighted by molar-refractivity contribution is 5.43. The zero-order valence-electron chi connectivity index (χ0n) is 18.9. The van der Waals surface area contributed by atoms with Crippen LogP contribution in [-0.2, 0) is 19.5 Å². The number of rotatable bonds is 13. The molecule has 3 rings (SSSR count). The normalized spacial score (nSPS) is 12.0. The first-order valence-electron chi connectivity index (χ1n) is 10.9. The van der Waals surface area contributed by atoms with Crippen LogP contribution in [0.15, 0.2) is 72.9 Å². The fourth-order valence-electron chi connectivity index (χ4n) is 3.50. The Labute approximate surface area is 190 Å². The summed E-state index contributed by atoms with van der Waals surface area (Å²) in [6, 6.07) is 22.1. The van der Waals surface area contributed by atoms with Crippen molar-refractivity contribution in [2.75, 3.05) is 33.9 Å². The topological polar surface area (TPSA) is 66.8 Å². The van der Waals surface area contributed by atoms with E-state index < -0.39 is 6.10 Å². The molecule has 0 aliphatic heterocycles. The number of aliphatic hydroxyl groups excluding tert-OH is 1. The van der Waals surface area contributed by atoms with Crippen LogP contribution in [0.3, 0.4) is 0 Å². The summed E-state index contributed by atoms with van der Waals surface area (Å²) in [7, 11) is 3.62. The number of nitrogens with zero attached hydrogens (tertiary/aromatic N) is 2. The average Bonchev–Trinajstić information content (AvgIpc) is 2.82. The number of methoxy groups -OCH3 is 1. The lowest BCUT2D eigenvalue weighted by Gasteiger charge is -2.21. The van der Waals surface area contributed by atoms with Gasteiger partial charge in [-0.15, -0.1) is 0 Å². The highest BCUT2D eigenvalue weighted by Crippen LogP contribution is 2.28. The van der Waals surface area contributed by atoms with Crippen molar-refractivity contribution in [2.45, 2.75) is 25.6 Å². The Morgan fingerprint density at radius 1 is 1.00 bits per heavy atom. The maximum absolute atomic E-state index is 10.4. The van der Waals surface area contributed by atoms with E-state index in [0.717, 1.165) is 37.3 Å². The predicted octanol–water partition coefficient (Wildman–Crippen LogP) is 3.29. The minimum atomic E-state index is -0.603. The van der Waals surface area contributed by atoms with Crippen LogP contribution in [-0.4, -0.2) is 54.9 Å². The Kier molecular flexibility index (Phi) is 9.50. The molecule has 0 fully saturated rings. The standard InChI is InChI=1S/C26H33N3O3/c1-29(18-21-8-4-3-5-9-21)19-24(30)20-32-26-16-22(11-12-25(26)31-2)17-27-15-13-23-10-6-7-14-28-23/h3-12,14,16,24,27,30H,13,15,17-20H2,1-2H3. The van der Waals surface area contributed by atoms with E-state index in [4.69, 9.17) is 9.47 Å². The van der Waals surface area contributed by atoms with E-state index in [9.17, 15) is 5.11 Å². The van der Waals surface area contributed by atoms with Crippen molar-refractivity contribution in [2.24, 2.45) is 0 Å². The molecule has 32 heavy (non-hydrogen) atoms. The molecule has 1 heterocycles. The molecule has 0 bridgehead atoms. The fourth-order valence-corrected chi connectivity index (χ4v) is 3.50. The van der Waals surface area contributed by atoms with Gasteiger partial charge in [0.15, 0.2) is 11.5 Å². The van der Waals surface area contributed by atoms with Gasteiger partial charge in [0, 0.05) is 44.5 Å². The first-order valence-corrected chi connectivity index (χ1v) is 10.9. The third-order valence-corrected chi connectivity index (χ3v) is 5.09. The van der Waals surface area contributed by atoms with Crippen molar-refractivity contribution in [3.63, 3.8) is 0 Å². The van der Waals surface area contributed by atoms with Gasteiger partial charge in [0.25, 0.3) is 0 Å². The highest BCUT2D eigenvalue weighted by Gasteiger charge is 2.12. The van der Waals surface area contributed by atoms with Gasteiger partial charge >= 0.3 is 0 Å². The zero-order chi connectivity index (χ0) is 22.6. The molecule has 3 aromatic rings. The van der Waals surface area contributed by atoms with Gasteiger partial charge in [0.2, 0.25) is 0 Å². The van der Waals surface area contributed by atoms with Crippen LogP contribution >= 0.6 is 0 Å². The molecule has 170 valence electrons. The monoisotopic (exact) mass is 435 g/mol. The van der Waals surface area contributed by atoms with Gasteiger partial charge in [-0.1, -0.05) is 42.5 Å². The smallest absolute Gasteiger partial charge is 0.161 e. The molecule has 0 spiro atoms. The van der Waals surface area contributed by atoms with Crippen molar-refractivity contribution in [1.82, 2.24) is 15.2 Å². The molecule has 0 amide bonds. The number of aliphatic hydroxyl groups is 1. The van der Waals surface area contributed by atoms with Crippen LogP contribution in [0.1, 0.15) is 16.8 Å². The van der Waals surface area contributed by atoms with Crippen molar-refractivity contribution in [3.05, 3.63) is 89.7 Å². The summed E-state index contributed by atoms with van der Waals surface area (Å²) < 4.78 is 11.3. The number of aromatic nitrogens is 1. The molecule has 0 saturated heterocycles. The minimum Gasteiger partial charge on any atom is -0.493 e. The SMILES string of the molecule is COc1ccc(CNCCc2ccccn2)cc1OCC(O)CN(C)Cc1ccccc1. The number of ether oxygens (including phenoxy) is 2. The summed E-state index contributed by atoms with van der Waals surface area (Å²) in [6.45, 7) is 3.06. The molecule has 0 aliphatic rings. The van der Waals surface area contributed by atoms with Gasteiger partial charge in [-0.2, -0.15) is 0 Å². The van der Waals surface area contributed by atoms with Crippen molar-refractivity contribution in [3.8, 4) is 11.5 Å². The Morgan fingerprint density at radius 3 is 2.56 bits per heavy atom. The van der Waals surface area contributed by atoms with E-state index in [-0.39, 0.29) is 6.61 Å². The second-order valence-electron chi connectivity index (χ2n) is 7.88. The molecule has 2 aromatic carbocycles. The number of nitrogens with one attached hydrogen (secondary N) is 1. The van der Waals surface area contributed by atoms with Crippen LogP contribution < -0.4 is 14.8 Å². The van der Waals surface area contributed by atoms with Gasteiger partial charge in [0.1, 0.15) is 12.7 Å². The quantitative estimate of drug-likeness (QED) is 0.402. The van der Waals surface area contributed by atoms with Crippen LogP contribution in [0.4, 0.5) is 0 Å². The molecule has 0 saturated carbocycles. The number of hydrogen-bond donors (Lipinski definition) is 2. The average molecular weight is 436 g/mol. The summed E-state index contributed by atoms with van der Waals surface area (Å²) in [5.41, 5.74) is 3.38. The molecule has 0 radical (unpaired) electrons. The lowest BCUT2D eigenvalue weighted by Crippen LogP contribution is -2.32. The first kappa shape index (κ1) is 23.7. The van der Waals surface area contributed by atoms with E-state index in [2.05, 4.69) is 27.3 Å². The van der Waals surface area contributed by atoms with Gasteiger partial charge in [-0.05, 0) is 42.4 Å². The van der Waals surface area contributed by atoms with Gasteiger partial charge < -0.3 is 19.9 Å². The molecule has 0 aliphatic carbocycles. The number of benzene rings is 2. The first-order chi connectivity index (χ1) is 15.6. The minimum absolute atomic E-state index is 0.200. The van der Waals surface area contributed by atoms with Gasteiger partial charge in [-0.25, -0.2) is 0 Å². The van der Waals surface area contributed by atoms with Crippen LogP contribution in [0.2, 0.25) is 0 Å². The van der Waals surface area contributed by atoms with E-state index in [1.807, 2.05) is 67.8 Å². The molecular formula is C26H33N3O3. The maximum atomic E-state index is 10.4. The van der Waals surface area contributed by atoms with Crippen molar-refractivity contribution >= 4 is 0 Å². The number of hydrogen-bond acceptors (Lipinski definition) is 6. The molecular weight excluding hydrogens is 402 g/mol. The third kappa shape index (κ3) is 7.96. The lowest BCUT2D eigenvalue weighted by molar-refractivity contribution is 0.0732. The van der Waals surface area contributed by atoms with Gasteiger partial charge in [-0.3, -0.25) is 9.88 Å². The summed E-state index contributed by atoms with van der Waals surface area (Å²) in [4.78, 5) is 6.43. The van der Waals surface area contributed by atoms with Crippen LogP contribution in [0.25, 0.3) is 0 Å². The molecule has 1 aromatic heterocycles. The largest absolute Gasteiger partial charge is 0.493 e. The molecule has 6 nitrogen and oxygen atoms in total. The fraction of sp³-hybridized carbons (Fsp3) is 0.346. The highest BCUT2D eigenvalue weighted by atomic mass is 16.5. The summed E-state index contributed by atoms with van der Waals surface area (Å²) in [5, 5.41) is 13.9. The Morgan fingerprint density at radius 2 is 1.81 bits per heavy atom. The summed E-state index contributed by atoms with van der Waals surface area (Å²) >= 11 is 0. The van der Waals surface area contributed by atoms with E-state index >= 15 is 0 Å². The van der Waals surface area contributed by atoms with E-state index in [0.29, 0.717) is 18.0 Å². The Bertz CT molecular complexity index is 922. The lowest BCUT2D eigenvalue weighted by atomic mass is 10.2. The Hall–Kier alpha value is -2.93. The van der Waals surface area contributed by atoms with Crippen LogP contribution in [0.5, 0.6) is 11.5 Å². The summed E-state index contributed by atoms with van der Waals surface area (Å²) in [5.74, 6) is 1.30. The Balaban J connectivity index is 1.45. The zero-order valence-corrected chi connectivity index (χ0v) is 18.9. The number of pyridine rings is 1. The number of likely N-dealkylation sites (N-methyl/N-ethyl adjacent to an activating group) is 1. The second kappa shape index (κ2) is 12.8. The van der Waals surface area contributed by atoms with Crippen molar-refractivity contribution < 1.29 is 14.6 Å². The molecule has 1 atom stereocenters. The summed E-state index contributed by atoms with van der Waals surface area (Å²) in [6.07, 6.45) is 2.09.